The quantitative estimate of drug-likeness (QED) is 0.363. The van der Waals surface area contributed by atoms with Crippen molar-refractivity contribution in [3.05, 3.63) is 16.1 Å². The van der Waals surface area contributed by atoms with Crippen LogP contribution in [0, 0.1) is 0 Å². The molecule has 9 heteroatoms. The first-order valence-electron chi connectivity index (χ1n) is 8.70. The van der Waals surface area contributed by atoms with Crippen molar-refractivity contribution in [2.75, 3.05) is 32.4 Å². The molecular weight excluding hydrogens is 358 g/mol. The summed E-state index contributed by atoms with van der Waals surface area (Å²) in [5.74, 6) is 1.29. The Bertz CT molecular complexity index is 641. The monoisotopic (exact) mass is 389 g/mol. The Hall–Kier alpha value is -1.19. The molecule has 0 spiro atoms. The van der Waals surface area contributed by atoms with E-state index in [1.165, 1.54) is 4.31 Å². The third kappa shape index (κ3) is 7.70. The summed E-state index contributed by atoms with van der Waals surface area (Å²) in [7, 11) is -1.49. The number of guanidine groups is 1. The standard InChI is InChI=1S/C16H31N5O2S2/c1-6-17-16(18-9-8-10-21(5)25(22,23)7-2)19-11-15-20-14(12-24-15)13(3)4/h12-13H,6-11H2,1-5H3,(H2,17,18,19). The SMILES string of the molecule is CCNC(=NCc1nc(C(C)C)cs1)NCCCN(C)S(=O)(=O)CC. The fourth-order valence-electron chi connectivity index (χ4n) is 2.02. The van der Waals surface area contributed by atoms with Gasteiger partial charge in [-0.25, -0.2) is 22.7 Å². The maximum absolute atomic E-state index is 11.7. The lowest BCUT2D eigenvalue weighted by atomic mass is 10.2. The topological polar surface area (TPSA) is 86.7 Å². The summed E-state index contributed by atoms with van der Waals surface area (Å²) in [6.07, 6.45) is 0.717. The molecule has 0 amide bonds. The molecule has 7 nitrogen and oxygen atoms in total. The van der Waals surface area contributed by atoms with E-state index in [0.717, 1.165) is 29.6 Å². The Morgan fingerprint density at radius 2 is 2.08 bits per heavy atom. The second kappa shape index (κ2) is 10.7. The lowest BCUT2D eigenvalue weighted by Gasteiger charge is -2.16. The molecule has 0 fully saturated rings. The van der Waals surface area contributed by atoms with Gasteiger partial charge in [0.25, 0.3) is 0 Å². The number of aromatic nitrogens is 1. The molecule has 0 unspecified atom stereocenters. The largest absolute Gasteiger partial charge is 0.357 e. The summed E-state index contributed by atoms with van der Waals surface area (Å²) in [6, 6.07) is 0. The van der Waals surface area contributed by atoms with E-state index in [0.29, 0.717) is 25.6 Å². The van der Waals surface area contributed by atoms with Gasteiger partial charge in [-0.1, -0.05) is 13.8 Å². The smallest absolute Gasteiger partial charge is 0.213 e. The summed E-state index contributed by atoms with van der Waals surface area (Å²) in [6.45, 7) is 10.4. The molecule has 0 aliphatic heterocycles. The van der Waals surface area contributed by atoms with Gasteiger partial charge in [0.05, 0.1) is 18.0 Å². The average molecular weight is 390 g/mol. The highest BCUT2D eigenvalue weighted by molar-refractivity contribution is 7.89. The molecule has 0 aliphatic carbocycles. The van der Waals surface area contributed by atoms with Crippen molar-refractivity contribution in [1.82, 2.24) is 19.9 Å². The van der Waals surface area contributed by atoms with Crippen LogP contribution in [0.5, 0.6) is 0 Å². The van der Waals surface area contributed by atoms with Crippen molar-refractivity contribution < 1.29 is 8.42 Å². The van der Waals surface area contributed by atoms with Gasteiger partial charge in [-0.3, -0.25) is 0 Å². The zero-order chi connectivity index (χ0) is 18.9. The third-order valence-corrected chi connectivity index (χ3v) is 6.37. The number of rotatable bonds is 10. The summed E-state index contributed by atoms with van der Waals surface area (Å²) >= 11 is 1.63. The minimum absolute atomic E-state index is 0.132. The van der Waals surface area contributed by atoms with Gasteiger partial charge in [-0.15, -0.1) is 11.3 Å². The highest BCUT2D eigenvalue weighted by atomic mass is 32.2. The first-order valence-corrected chi connectivity index (χ1v) is 11.2. The van der Waals surface area contributed by atoms with E-state index in [9.17, 15) is 8.42 Å². The fraction of sp³-hybridized carbons (Fsp3) is 0.750. The van der Waals surface area contributed by atoms with E-state index in [1.807, 2.05) is 6.92 Å². The van der Waals surface area contributed by atoms with Crippen molar-refractivity contribution in [3.8, 4) is 0 Å². The molecular formula is C16H31N5O2S2. The van der Waals surface area contributed by atoms with Crippen molar-refractivity contribution in [1.29, 1.82) is 0 Å². The first-order chi connectivity index (χ1) is 11.8. The van der Waals surface area contributed by atoms with Gasteiger partial charge in [0.2, 0.25) is 10.0 Å². The number of nitrogens with zero attached hydrogens (tertiary/aromatic N) is 3. The van der Waals surface area contributed by atoms with Crippen LogP contribution in [0.15, 0.2) is 10.4 Å². The van der Waals surface area contributed by atoms with Crippen LogP contribution >= 0.6 is 11.3 Å². The zero-order valence-electron chi connectivity index (χ0n) is 15.9. The predicted molar refractivity (Wildman–Crippen MR) is 106 cm³/mol. The number of sulfonamides is 1. The lowest BCUT2D eigenvalue weighted by molar-refractivity contribution is 0.461. The maximum atomic E-state index is 11.7. The maximum Gasteiger partial charge on any atom is 0.213 e. The van der Waals surface area contributed by atoms with Crippen LogP contribution in [-0.4, -0.2) is 56.1 Å². The van der Waals surface area contributed by atoms with E-state index in [-0.39, 0.29) is 5.75 Å². The second-order valence-corrected chi connectivity index (χ2v) is 9.33. The first kappa shape index (κ1) is 21.9. The lowest BCUT2D eigenvalue weighted by Crippen LogP contribution is -2.39. The van der Waals surface area contributed by atoms with Gasteiger partial charge in [0.15, 0.2) is 5.96 Å². The zero-order valence-corrected chi connectivity index (χ0v) is 17.5. The molecule has 0 bridgehead atoms. The van der Waals surface area contributed by atoms with E-state index < -0.39 is 10.0 Å². The van der Waals surface area contributed by atoms with E-state index in [1.54, 1.807) is 25.3 Å². The van der Waals surface area contributed by atoms with Gasteiger partial charge in [0, 0.05) is 32.1 Å². The number of hydrogen-bond donors (Lipinski definition) is 2. The molecule has 144 valence electrons. The van der Waals surface area contributed by atoms with E-state index in [4.69, 9.17) is 0 Å². The van der Waals surface area contributed by atoms with Crippen molar-refractivity contribution in [2.24, 2.45) is 4.99 Å². The van der Waals surface area contributed by atoms with Crippen LogP contribution in [-0.2, 0) is 16.6 Å². The van der Waals surface area contributed by atoms with Crippen LogP contribution in [0.2, 0.25) is 0 Å². The van der Waals surface area contributed by atoms with E-state index >= 15 is 0 Å². The minimum atomic E-state index is -3.11. The number of thiazole rings is 1. The molecule has 0 aromatic carbocycles. The molecule has 2 N–H and O–H groups in total. The van der Waals surface area contributed by atoms with Gasteiger partial charge in [-0.2, -0.15) is 0 Å². The minimum Gasteiger partial charge on any atom is -0.357 e. The fourth-order valence-corrected chi connectivity index (χ4v) is 3.75. The molecule has 0 saturated heterocycles. The van der Waals surface area contributed by atoms with Gasteiger partial charge < -0.3 is 10.6 Å². The summed E-state index contributed by atoms with van der Waals surface area (Å²) in [4.78, 5) is 9.13. The number of nitrogens with one attached hydrogen (secondary N) is 2. The Kier molecular flexibility index (Phi) is 9.37. The van der Waals surface area contributed by atoms with Crippen molar-refractivity contribution in [3.63, 3.8) is 0 Å². The molecule has 1 heterocycles. The van der Waals surface area contributed by atoms with Crippen LogP contribution in [0.4, 0.5) is 0 Å². The Labute approximate surface area is 156 Å². The van der Waals surface area contributed by atoms with Gasteiger partial charge in [0.1, 0.15) is 5.01 Å². The highest BCUT2D eigenvalue weighted by Gasteiger charge is 2.14. The Morgan fingerprint density at radius 3 is 2.64 bits per heavy atom. The Morgan fingerprint density at radius 1 is 1.36 bits per heavy atom. The van der Waals surface area contributed by atoms with Crippen molar-refractivity contribution in [2.45, 2.75) is 46.6 Å². The number of hydrogen-bond acceptors (Lipinski definition) is 5. The summed E-state index contributed by atoms with van der Waals surface area (Å²) in [5, 5.41) is 9.51. The molecule has 0 atom stereocenters. The van der Waals surface area contributed by atoms with Crippen LogP contribution in [0.3, 0.4) is 0 Å². The molecule has 0 saturated carbocycles. The van der Waals surface area contributed by atoms with E-state index in [2.05, 4.69) is 39.8 Å². The Balaban J connectivity index is 2.47. The second-order valence-electron chi connectivity index (χ2n) is 6.02. The average Bonchev–Trinajstić information content (AvgIpc) is 3.05. The molecule has 0 aliphatic rings. The van der Waals surface area contributed by atoms with Gasteiger partial charge >= 0.3 is 0 Å². The van der Waals surface area contributed by atoms with Crippen LogP contribution in [0.1, 0.15) is 50.7 Å². The van der Waals surface area contributed by atoms with Gasteiger partial charge in [-0.05, 0) is 26.2 Å². The van der Waals surface area contributed by atoms with Crippen LogP contribution in [0.25, 0.3) is 0 Å². The van der Waals surface area contributed by atoms with Crippen LogP contribution < -0.4 is 10.6 Å². The molecule has 1 aromatic heterocycles. The molecule has 0 radical (unpaired) electrons. The molecule has 1 rings (SSSR count). The normalized spacial score (nSPS) is 12.8. The number of aliphatic imine (C=N–C) groups is 1. The molecule has 25 heavy (non-hydrogen) atoms. The summed E-state index contributed by atoms with van der Waals surface area (Å²) in [5.41, 5.74) is 1.10. The predicted octanol–water partition coefficient (Wildman–Crippen LogP) is 1.99. The highest BCUT2D eigenvalue weighted by Crippen LogP contribution is 2.18. The molecule has 1 aromatic rings. The van der Waals surface area contributed by atoms with Crippen molar-refractivity contribution >= 4 is 27.3 Å². The summed E-state index contributed by atoms with van der Waals surface area (Å²) < 4.78 is 24.8. The third-order valence-electron chi connectivity index (χ3n) is 3.66.